The second-order valence-corrected chi connectivity index (χ2v) is 28.8. The van der Waals surface area contributed by atoms with Crippen LogP contribution in [-0.2, 0) is 51.7 Å². The summed E-state index contributed by atoms with van der Waals surface area (Å²) in [6.07, 6.45) is 38.8. The average Bonchev–Trinajstić information content (AvgIpc) is 0.867. The number of phosphoric acid groups is 1. The van der Waals surface area contributed by atoms with E-state index in [0.717, 1.165) is 109 Å². The highest BCUT2D eigenvalue weighted by Crippen LogP contribution is 2.42. The van der Waals surface area contributed by atoms with Gasteiger partial charge in [0, 0.05) is 19.4 Å². The molecule has 0 aromatic rings. The van der Waals surface area contributed by atoms with Crippen molar-refractivity contribution in [3.05, 3.63) is 0 Å². The van der Waals surface area contributed by atoms with Crippen LogP contribution in [0.2, 0.25) is 0 Å². The summed E-state index contributed by atoms with van der Waals surface area (Å²) in [6.45, 7) is 5.27. The molecule has 0 aromatic carbocycles. The summed E-state index contributed by atoms with van der Waals surface area (Å²) in [7, 11) is -9.60. The molecular formula is C68H132N2O18P2. The van der Waals surface area contributed by atoms with Gasteiger partial charge in [-0.2, -0.15) is 0 Å². The third-order valence-electron chi connectivity index (χ3n) is 17.2. The van der Waals surface area contributed by atoms with Gasteiger partial charge in [-0.1, -0.05) is 259 Å². The Morgan fingerprint density at radius 3 is 1.22 bits per heavy atom. The first kappa shape index (κ1) is 86.0. The van der Waals surface area contributed by atoms with Gasteiger partial charge in [0.05, 0.1) is 44.7 Å². The van der Waals surface area contributed by atoms with Crippen molar-refractivity contribution in [1.29, 1.82) is 0 Å². The molecule has 2 amide bonds. The SMILES string of the molecule is C=P(O)(O)OCC(CO)(CNC(=O)C[C@@H](CCCCCCCCCCC)OC(=O)CCCCCCCCCCCCC)COC1OC(CO)[C@@H](OP(=O)(O)O)C(O)[C@@H]1NC(=O)C[C@@H](CCCCCCCCCCC)OC(=O)CCCCCCCCCCCCC. The van der Waals surface area contributed by atoms with Crippen molar-refractivity contribution in [2.24, 2.45) is 5.41 Å². The fraction of sp³-hybridized carbons (Fsp3) is 0.926. The van der Waals surface area contributed by atoms with Crippen molar-refractivity contribution < 1.29 is 86.6 Å². The van der Waals surface area contributed by atoms with Crippen LogP contribution in [0.4, 0.5) is 0 Å². The van der Waals surface area contributed by atoms with Crippen LogP contribution in [0, 0.1) is 5.41 Å². The first-order valence-electron chi connectivity index (χ1n) is 35.9. The summed E-state index contributed by atoms with van der Waals surface area (Å²) in [5.41, 5.74) is -1.72. The molecule has 0 aromatic heterocycles. The number of aliphatic hydroxyl groups is 3. The van der Waals surface area contributed by atoms with Crippen LogP contribution in [0.25, 0.3) is 0 Å². The lowest BCUT2D eigenvalue weighted by Crippen LogP contribution is -2.65. The van der Waals surface area contributed by atoms with E-state index in [-0.39, 0.29) is 31.7 Å². The maximum absolute atomic E-state index is 14.2. The standard InChI is InChI=1S/C68H132N2O18P2/c1-6-10-14-18-22-26-28-32-36-40-44-48-62(75)85-57(46-42-38-34-30-24-20-16-12-8-3)50-60(73)69-53-68(54-72,56-84-89(5,78)79)55-83-67-64(65(77)66(59(52-71)87-67)88-90(80,81)82)70-61(74)51-58(47-43-39-35-31-25-21-17-13-9-4)86-63(76)49-45-41-37-33-29-27-23-19-15-11-7-2/h57-59,64-67,71-72,77-79H,5-56H2,1-4H3,(H,69,73)(H,70,74)(H2,80,81,82)/t57-,58-,59?,64+,65?,66-,67?,68?/m1/s1. The highest BCUT2D eigenvalue weighted by atomic mass is 31.2. The third kappa shape index (κ3) is 47.0. The van der Waals surface area contributed by atoms with Crippen LogP contribution in [0.3, 0.4) is 0 Å². The van der Waals surface area contributed by atoms with Crippen LogP contribution < -0.4 is 10.6 Å². The molecule has 1 aliphatic heterocycles. The van der Waals surface area contributed by atoms with Crippen LogP contribution in [0.15, 0.2) is 0 Å². The predicted molar refractivity (Wildman–Crippen MR) is 358 cm³/mol. The minimum Gasteiger partial charge on any atom is -0.462 e. The maximum Gasteiger partial charge on any atom is 0.470 e. The molecule has 4 unspecified atom stereocenters. The molecule has 1 aliphatic rings. The van der Waals surface area contributed by atoms with Crippen LogP contribution >= 0.6 is 15.4 Å². The van der Waals surface area contributed by atoms with Gasteiger partial charge in [-0.3, -0.25) is 23.7 Å². The number of amides is 2. The molecule has 22 heteroatoms. The van der Waals surface area contributed by atoms with E-state index in [1.807, 2.05) is 0 Å². The topological polar surface area (TPSA) is 306 Å². The first-order chi connectivity index (χ1) is 43.2. The molecule has 1 saturated heterocycles. The van der Waals surface area contributed by atoms with Gasteiger partial charge in [-0.05, 0) is 44.8 Å². The van der Waals surface area contributed by atoms with Crippen molar-refractivity contribution in [2.75, 3.05) is 33.0 Å². The Bertz CT molecular complexity index is 1880. The summed E-state index contributed by atoms with van der Waals surface area (Å²) in [6, 6.07) is -1.68. The molecule has 1 fully saturated rings. The number of carbonyl (C=O) groups is 4. The lowest BCUT2D eigenvalue weighted by Gasteiger charge is -2.45. The third-order valence-corrected chi connectivity index (χ3v) is 18.3. The van der Waals surface area contributed by atoms with Crippen molar-refractivity contribution >= 4 is 45.4 Å². The number of phosphoric ester groups is 1. The van der Waals surface area contributed by atoms with Gasteiger partial charge in [0.2, 0.25) is 19.4 Å². The summed E-state index contributed by atoms with van der Waals surface area (Å²) >= 11 is 0. The number of nitrogens with one attached hydrogen (secondary N) is 2. The minimum atomic E-state index is -5.36. The lowest BCUT2D eigenvalue weighted by molar-refractivity contribution is -0.275. The van der Waals surface area contributed by atoms with Gasteiger partial charge >= 0.3 is 19.8 Å². The molecular weight excluding hydrogens is 1190 g/mol. The van der Waals surface area contributed by atoms with Crippen LogP contribution in [-0.4, -0.2) is 141 Å². The van der Waals surface area contributed by atoms with E-state index in [1.54, 1.807) is 0 Å². The zero-order valence-electron chi connectivity index (χ0n) is 56.8. The number of ether oxygens (including phenoxy) is 4. The smallest absolute Gasteiger partial charge is 0.462 e. The quantitative estimate of drug-likeness (QED) is 0.0155. The van der Waals surface area contributed by atoms with E-state index < -0.39 is 114 Å². The van der Waals surface area contributed by atoms with Gasteiger partial charge in [0.25, 0.3) is 0 Å². The van der Waals surface area contributed by atoms with E-state index in [9.17, 15) is 58.6 Å². The Morgan fingerprint density at radius 2 is 0.878 bits per heavy atom. The molecule has 0 saturated carbocycles. The molecule has 0 aliphatic carbocycles. The van der Waals surface area contributed by atoms with Crippen molar-refractivity contribution in [2.45, 2.75) is 366 Å². The molecule has 0 bridgehead atoms. The van der Waals surface area contributed by atoms with E-state index in [0.29, 0.717) is 32.1 Å². The molecule has 0 spiro atoms. The highest BCUT2D eigenvalue weighted by Gasteiger charge is 2.50. The number of esters is 2. The monoisotopic (exact) mass is 1330 g/mol. The van der Waals surface area contributed by atoms with E-state index in [4.69, 9.17) is 28.0 Å². The summed E-state index contributed by atoms with van der Waals surface area (Å²) < 4.78 is 46.6. The van der Waals surface area contributed by atoms with Gasteiger partial charge in [-0.25, -0.2) is 4.57 Å². The minimum absolute atomic E-state index is 0.176. The zero-order valence-corrected chi connectivity index (χ0v) is 58.6. The molecule has 90 heavy (non-hydrogen) atoms. The number of hydrogen-bond donors (Lipinski definition) is 9. The lowest BCUT2D eigenvalue weighted by atomic mass is 9.90. The molecule has 1 rings (SSSR count). The Labute approximate surface area is 544 Å². The highest BCUT2D eigenvalue weighted by molar-refractivity contribution is 7.57. The van der Waals surface area contributed by atoms with E-state index in [2.05, 4.69) is 44.6 Å². The Balaban J connectivity index is 3.33. The molecule has 9 N–H and O–H groups in total. The largest absolute Gasteiger partial charge is 0.470 e. The fourth-order valence-corrected chi connectivity index (χ4v) is 12.6. The van der Waals surface area contributed by atoms with Gasteiger partial charge in [-0.15, -0.1) is 0 Å². The molecule has 532 valence electrons. The summed E-state index contributed by atoms with van der Waals surface area (Å²) in [4.78, 5) is 95.1. The summed E-state index contributed by atoms with van der Waals surface area (Å²) in [5.74, 6) is -2.13. The maximum atomic E-state index is 14.2. The van der Waals surface area contributed by atoms with Gasteiger partial charge in [0.15, 0.2) is 6.29 Å². The van der Waals surface area contributed by atoms with Crippen LogP contribution in [0.1, 0.15) is 323 Å². The first-order valence-corrected chi connectivity index (χ1v) is 39.3. The second-order valence-electron chi connectivity index (χ2n) is 26.0. The van der Waals surface area contributed by atoms with Crippen LogP contribution in [0.5, 0.6) is 0 Å². The molecule has 8 atom stereocenters. The van der Waals surface area contributed by atoms with E-state index >= 15 is 0 Å². The van der Waals surface area contributed by atoms with Crippen molar-refractivity contribution in [3.63, 3.8) is 0 Å². The number of hydrogen-bond acceptors (Lipinski definition) is 16. The Morgan fingerprint density at radius 1 is 0.522 bits per heavy atom. The average molecular weight is 1330 g/mol. The zero-order chi connectivity index (χ0) is 66.6. The number of rotatable bonds is 63. The number of aliphatic hydroxyl groups excluding tert-OH is 3. The van der Waals surface area contributed by atoms with Crippen molar-refractivity contribution in [1.82, 2.24) is 10.6 Å². The van der Waals surface area contributed by atoms with Gasteiger partial charge < -0.3 is 69.0 Å². The predicted octanol–water partition coefficient (Wildman–Crippen LogP) is 14.2. The van der Waals surface area contributed by atoms with Gasteiger partial charge in [0.1, 0.15) is 36.6 Å². The Hall–Kier alpha value is -2.03. The molecule has 20 nitrogen and oxygen atoms in total. The van der Waals surface area contributed by atoms with Crippen molar-refractivity contribution in [3.8, 4) is 0 Å². The number of carbonyl (C=O) groups excluding carboxylic acids is 4. The molecule has 1 heterocycles. The fourth-order valence-electron chi connectivity index (χ4n) is 11.6. The Kier molecular flexibility index (Phi) is 52.7. The normalized spacial score (nSPS) is 18.5. The molecule has 0 radical (unpaired) electrons. The summed E-state index contributed by atoms with van der Waals surface area (Å²) in [5, 5.41) is 38.7. The second kappa shape index (κ2) is 55.1. The number of unbranched alkanes of at least 4 members (excludes halogenated alkanes) is 36. The van der Waals surface area contributed by atoms with E-state index in [1.165, 1.54) is 128 Å².